The first-order valence-corrected chi connectivity index (χ1v) is 3.93. The highest BCUT2D eigenvalue weighted by atomic mass is 32.1. The molecule has 2 N–H and O–H groups in total. The first-order chi connectivity index (χ1) is 5.20. The lowest BCUT2D eigenvalue weighted by molar-refractivity contribution is 0.264. The van der Waals surface area contributed by atoms with Gasteiger partial charge in [-0.2, -0.15) is 0 Å². The molecule has 5 heteroatoms. The third-order valence-corrected chi connectivity index (χ3v) is 0.998. The Hall–Kier alpha value is -0.710. The lowest BCUT2D eigenvalue weighted by Crippen LogP contribution is -2.38. The second-order valence-electron chi connectivity index (χ2n) is 1.78. The maximum Gasteiger partial charge on any atom is 0.282 e. The zero-order valence-electron chi connectivity index (χ0n) is 6.72. The summed E-state index contributed by atoms with van der Waals surface area (Å²) < 4.78 is 0. The largest absolute Gasteiger partial charge is 0.356 e. The van der Waals surface area contributed by atoms with Crippen molar-refractivity contribution in [3.05, 3.63) is 0 Å². The maximum absolute atomic E-state index is 10.4. The number of guanidine groups is 1. The Morgan fingerprint density at radius 3 is 2.55 bits per heavy atom. The van der Waals surface area contributed by atoms with Gasteiger partial charge in [-0.15, -0.1) is 0 Å². The monoisotopic (exact) mass is 175 g/mol. The van der Waals surface area contributed by atoms with Crippen LogP contribution in [0.3, 0.4) is 0 Å². The minimum atomic E-state index is -0.404. The Morgan fingerprint density at radius 1 is 1.55 bits per heavy atom. The van der Waals surface area contributed by atoms with E-state index < -0.39 is 5.24 Å². The van der Waals surface area contributed by atoms with Crippen molar-refractivity contribution in [3.8, 4) is 0 Å². The van der Waals surface area contributed by atoms with Crippen molar-refractivity contribution >= 4 is 23.8 Å². The van der Waals surface area contributed by atoms with Crippen molar-refractivity contribution in [3.63, 3.8) is 0 Å². The third-order valence-electron chi connectivity index (χ3n) is 0.886. The highest BCUT2D eigenvalue weighted by Crippen LogP contribution is 1.77. The Labute approximate surface area is 71.9 Å². The first-order valence-electron chi connectivity index (χ1n) is 3.49. The van der Waals surface area contributed by atoms with Gasteiger partial charge in [0.2, 0.25) is 0 Å². The Kier molecular flexibility index (Phi) is 5.64. The molecule has 0 fully saturated rings. The summed E-state index contributed by atoms with van der Waals surface area (Å²) in [6.45, 7) is 5.18. The number of nitrogens with zero attached hydrogens (tertiary/aromatic N) is 1. The van der Waals surface area contributed by atoms with Gasteiger partial charge >= 0.3 is 0 Å². The van der Waals surface area contributed by atoms with Crippen molar-refractivity contribution in [2.24, 2.45) is 4.99 Å². The summed E-state index contributed by atoms with van der Waals surface area (Å²) in [7, 11) is 0. The predicted octanol–water partition coefficient (Wildman–Crippen LogP) is 0.611. The van der Waals surface area contributed by atoms with Gasteiger partial charge in [0.1, 0.15) is 0 Å². The number of aliphatic imine (C=N–C) groups is 1. The average molecular weight is 175 g/mol. The molecule has 0 aliphatic rings. The molecular formula is C6H13N3OS. The number of hydrogen-bond acceptors (Lipinski definition) is 2. The number of hydrogen-bond donors (Lipinski definition) is 3. The molecule has 0 saturated heterocycles. The highest BCUT2D eigenvalue weighted by Gasteiger charge is 1.97. The highest BCUT2D eigenvalue weighted by molar-refractivity contribution is 7.96. The van der Waals surface area contributed by atoms with E-state index in [1.807, 2.05) is 13.8 Å². The van der Waals surface area contributed by atoms with E-state index in [-0.39, 0.29) is 0 Å². The number of amides is 1. The van der Waals surface area contributed by atoms with E-state index in [0.29, 0.717) is 12.5 Å². The van der Waals surface area contributed by atoms with Crippen molar-refractivity contribution in [2.75, 3.05) is 13.1 Å². The van der Waals surface area contributed by atoms with Gasteiger partial charge in [-0.05, 0) is 13.8 Å². The van der Waals surface area contributed by atoms with Crippen LogP contribution in [0.5, 0.6) is 0 Å². The van der Waals surface area contributed by atoms with E-state index >= 15 is 0 Å². The second kappa shape index (κ2) is 6.03. The van der Waals surface area contributed by atoms with Gasteiger partial charge in [0, 0.05) is 13.1 Å². The lowest BCUT2D eigenvalue weighted by Gasteiger charge is -2.05. The molecule has 0 unspecified atom stereocenters. The summed E-state index contributed by atoms with van der Waals surface area (Å²) in [5.41, 5.74) is 0. The van der Waals surface area contributed by atoms with E-state index in [2.05, 4.69) is 28.3 Å². The van der Waals surface area contributed by atoms with E-state index in [4.69, 9.17) is 0 Å². The molecule has 0 heterocycles. The molecule has 0 spiro atoms. The van der Waals surface area contributed by atoms with Crippen LogP contribution in [0.25, 0.3) is 0 Å². The van der Waals surface area contributed by atoms with E-state index in [1.165, 1.54) is 0 Å². The fraction of sp³-hybridized carbons (Fsp3) is 0.667. The van der Waals surface area contributed by atoms with Crippen LogP contribution < -0.4 is 10.6 Å². The fourth-order valence-corrected chi connectivity index (χ4v) is 0.672. The first kappa shape index (κ1) is 10.3. The molecule has 0 saturated carbocycles. The second-order valence-corrected chi connectivity index (χ2v) is 2.19. The van der Waals surface area contributed by atoms with Crippen molar-refractivity contribution in [1.82, 2.24) is 10.6 Å². The van der Waals surface area contributed by atoms with Crippen LogP contribution in [0, 0.1) is 0 Å². The van der Waals surface area contributed by atoms with Crippen LogP contribution in [0.2, 0.25) is 0 Å². The van der Waals surface area contributed by atoms with E-state index in [9.17, 15) is 4.79 Å². The number of carbonyl (C=O) groups is 1. The number of carbonyl (C=O) groups excluding carboxylic acids is 1. The summed E-state index contributed by atoms with van der Waals surface area (Å²) in [4.78, 5) is 14.4. The Bertz CT molecular complexity index is 158. The van der Waals surface area contributed by atoms with Crippen LogP contribution >= 0.6 is 12.6 Å². The molecule has 0 aliphatic carbocycles. The smallest absolute Gasteiger partial charge is 0.282 e. The van der Waals surface area contributed by atoms with E-state index in [0.717, 1.165) is 6.54 Å². The minimum absolute atomic E-state index is 0.404. The number of rotatable bonds is 2. The van der Waals surface area contributed by atoms with Gasteiger partial charge in [0.05, 0.1) is 0 Å². The maximum atomic E-state index is 10.4. The Morgan fingerprint density at radius 2 is 2.18 bits per heavy atom. The summed E-state index contributed by atoms with van der Waals surface area (Å²) in [6, 6.07) is 0. The predicted molar refractivity (Wildman–Crippen MR) is 49.2 cm³/mol. The molecule has 0 rings (SSSR count). The van der Waals surface area contributed by atoms with Crippen molar-refractivity contribution in [2.45, 2.75) is 13.8 Å². The van der Waals surface area contributed by atoms with Gasteiger partial charge in [-0.1, -0.05) is 12.6 Å². The summed E-state index contributed by atoms with van der Waals surface area (Å²) in [5.74, 6) is 0.481. The molecule has 0 bridgehead atoms. The minimum Gasteiger partial charge on any atom is -0.356 e. The van der Waals surface area contributed by atoms with Crippen molar-refractivity contribution in [1.29, 1.82) is 0 Å². The van der Waals surface area contributed by atoms with E-state index in [1.54, 1.807) is 0 Å². The lowest BCUT2D eigenvalue weighted by atomic mass is 10.7. The summed E-state index contributed by atoms with van der Waals surface area (Å²) >= 11 is 3.55. The number of thiol groups is 1. The molecule has 0 aromatic rings. The molecule has 11 heavy (non-hydrogen) atoms. The zero-order valence-corrected chi connectivity index (χ0v) is 7.61. The topological polar surface area (TPSA) is 53.5 Å². The van der Waals surface area contributed by atoms with Crippen molar-refractivity contribution < 1.29 is 4.79 Å². The molecule has 0 aromatic carbocycles. The molecule has 1 amide bonds. The normalized spacial score (nSPS) is 11.0. The van der Waals surface area contributed by atoms with Crippen LogP contribution in [-0.2, 0) is 0 Å². The van der Waals surface area contributed by atoms with Crippen LogP contribution in [0.4, 0.5) is 4.79 Å². The van der Waals surface area contributed by atoms with Gasteiger partial charge in [-0.3, -0.25) is 15.1 Å². The average Bonchev–Trinajstić information content (AvgIpc) is 1.87. The summed E-state index contributed by atoms with van der Waals surface area (Å²) in [5, 5.41) is 4.93. The van der Waals surface area contributed by atoms with Gasteiger partial charge in [0.25, 0.3) is 5.24 Å². The molecule has 4 nitrogen and oxygen atoms in total. The van der Waals surface area contributed by atoms with Crippen LogP contribution in [-0.4, -0.2) is 24.3 Å². The van der Waals surface area contributed by atoms with Crippen LogP contribution in [0.15, 0.2) is 4.99 Å². The molecule has 0 radical (unpaired) electrons. The fourth-order valence-electron chi connectivity index (χ4n) is 0.566. The molecular weight excluding hydrogens is 162 g/mol. The zero-order chi connectivity index (χ0) is 8.69. The quantitative estimate of drug-likeness (QED) is 0.327. The number of nitrogens with one attached hydrogen (secondary N) is 2. The SMILES string of the molecule is CCN=C(NCC)NC(=O)S. The molecule has 0 atom stereocenters. The van der Waals surface area contributed by atoms with Gasteiger partial charge in [-0.25, -0.2) is 0 Å². The van der Waals surface area contributed by atoms with Gasteiger partial charge < -0.3 is 5.32 Å². The Balaban J connectivity index is 3.89. The van der Waals surface area contributed by atoms with Gasteiger partial charge in [0.15, 0.2) is 5.96 Å². The molecule has 0 aliphatic heterocycles. The standard InChI is InChI=1S/C6H13N3OS/c1-3-7-5(8-4-2)9-6(10)11/h3-4H2,1-2H3,(H3,7,8,9,10,11). The van der Waals surface area contributed by atoms with Crippen LogP contribution in [0.1, 0.15) is 13.8 Å². The molecule has 0 aromatic heterocycles. The summed E-state index contributed by atoms with van der Waals surface area (Å²) in [6.07, 6.45) is 0. The third kappa shape index (κ3) is 5.72. The molecule has 64 valence electrons.